The van der Waals surface area contributed by atoms with Crippen LogP contribution in [0.4, 0.5) is 0 Å². The van der Waals surface area contributed by atoms with Crippen molar-refractivity contribution in [1.82, 2.24) is 0 Å². The van der Waals surface area contributed by atoms with Crippen LogP contribution in [0.25, 0.3) is 0 Å². The molecule has 0 unspecified atom stereocenters. The number of quaternary nitrogens is 1. The number of nitrogens with zero attached hydrogens (tertiary/aromatic N) is 1. The minimum atomic E-state index is -0.113. The highest BCUT2D eigenvalue weighted by Gasteiger charge is 2.08. The highest BCUT2D eigenvalue weighted by molar-refractivity contribution is 5.68. The Morgan fingerprint density at radius 2 is 1.83 bits per heavy atom. The summed E-state index contributed by atoms with van der Waals surface area (Å²) in [6.07, 6.45) is 1.43. The number of carbonyl (C=O) groups excluding carboxylic acids is 1. The highest BCUT2D eigenvalue weighted by Crippen LogP contribution is 1.97. The van der Waals surface area contributed by atoms with Crippen LogP contribution in [-0.4, -0.2) is 45.2 Å². The van der Waals surface area contributed by atoms with E-state index in [-0.39, 0.29) is 18.4 Å². The number of hydrogen-bond donors (Lipinski definition) is 0. The number of halogens is 1. The zero-order chi connectivity index (χ0) is 8.91. The molecule has 0 saturated carbocycles. The molecule has 4 heteroatoms. The minimum Gasteiger partial charge on any atom is -1.00 e. The minimum absolute atomic E-state index is 0. The zero-order valence-electron chi connectivity index (χ0n) is 8.26. The Labute approximate surface area is 80.7 Å². The molecule has 0 spiro atoms. The molecule has 3 nitrogen and oxygen atoms in total. The average molecular weight is 196 g/mol. The lowest BCUT2D eigenvalue weighted by Crippen LogP contribution is -3.00. The lowest BCUT2D eigenvalue weighted by atomic mass is 10.3. The molecule has 0 aliphatic carbocycles. The van der Waals surface area contributed by atoms with Crippen LogP contribution >= 0.6 is 0 Å². The molecule has 0 amide bonds. The van der Waals surface area contributed by atoms with E-state index in [9.17, 15) is 4.79 Å². The van der Waals surface area contributed by atoms with Gasteiger partial charge < -0.3 is 21.6 Å². The summed E-state index contributed by atoms with van der Waals surface area (Å²) >= 11 is 0. The van der Waals surface area contributed by atoms with Crippen molar-refractivity contribution in [3.63, 3.8) is 0 Å². The Morgan fingerprint density at radius 3 is 2.17 bits per heavy atom. The van der Waals surface area contributed by atoms with E-state index in [1.165, 1.54) is 7.11 Å². The summed E-state index contributed by atoms with van der Waals surface area (Å²) in [5.41, 5.74) is 0. The lowest BCUT2D eigenvalue weighted by Gasteiger charge is -2.23. The fourth-order valence-corrected chi connectivity index (χ4v) is 0.800. The van der Waals surface area contributed by atoms with E-state index in [1.54, 1.807) is 0 Å². The van der Waals surface area contributed by atoms with Gasteiger partial charge in [0.15, 0.2) is 0 Å². The van der Waals surface area contributed by atoms with Gasteiger partial charge in [0.05, 0.1) is 41.2 Å². The van der Waals surface area contributed by atoms with Gasteiger partial charge in [-0.1, -0.05) is 0 Å². The zero-order valence-corrected chi connectivity index (χ0v) is 9.02. The fraction of sp³-hybridized carbons (Fsp3) is 0.875. The molecule has 0 N–H and O–H groups in total. The van der Waals surface area contributed by atoms with Crippen molar-refractivity contribution in [1.29, 1.82) is 0 Å². The van der Waals surface area contributed by atoms with E-state index in [1.807, 2.05) is 0 Å². The Bertz CT molecular complexity index is 132. The van der Waals surface area contributed by atoms with Gasteiger partial charge >= 0.3 is 5.97 Å². The first-order valence-corrected chi connectivity index (χ1v) is 3.83. The van der Waals surface area contributed by atoms with Gasteiger partial charge in [-0.3, -0.25) is 4.79 Å². The van der Waals surface area contributed by atoms with E-state index < -0.39 is 0 Å². The molecule has 0 heterocycles. The number of methoxy groups -OCH3 is 1. The summed E-state index contributed by atoms with van der Waals surface area (Å²) in [5, 5.41) is 0. The molecule has 12 heavy (non-hydrogen) atoms. The van der Waals surface area contributed by atoms with Crippen molar-refractivity contribution >= 4 is 5.97 Å². The molecule has 0 aromatic rings. The van der Waals surface area contributed by atoms with Crippen molar-refractivity contribution in [3.05, 3.63) is 0 Å². The molecule has 0 aliphatic rings. The van der Waals surface area contributed by atoms with E-state index in [4.69, 9.17) is 0 Å². The molecular weight excluding hydrogens is 178 g/mol. The molecule has 74 valence electrons. The summed E-state index contributed by atoms with van der Waals surface area (Å²) in [6, 6.07) is 0. The molecule has 0 fully saturated rings. The molecule has 0 radical (unpaired) electrons. The third-order valence-corrected chi connectivity index (χ3v) is 1.44. The van der Waals surface area contributed by atoms with Crippen LogP contribution in [0.15, 0.2) is 0 Å². The molecular formula is C8H18ClNO2. The van der Waals surface area contributed by atoms with Crippen LogP contribution in [-0.2, 0) is 9.53 Å². The summed E-state index contributed by atoms with van der Waals surface area (Å²) in [4.78, 5) is 10.7. The SMILES string of the molecule is COC(=O)CCC[N+](C)(C)C.[Cl-]. The molecule has 0 rings (SSSR count). The van der Waals surface area contributed by atoms with Crippen molar-refractivity contribution in [2.45, 2.75) is 12.8 Å². The Kier molecular flexibility index (Phi) is 7.44. The van der Waals surface area contributed by atoms with Crippen molar-refractivity contribution in [2.24, 2.45) is 0 Å². The van der Waals surface area contributed by atoms with Crippen LogP contribution in [0, 0.1) is 0 Å². The highest BCUT2D eigenvalue weighted by atomic mass is 35.5. The molecule has 0 bridgehead atoms. The number of hydrogen-bond acceptors (Lipinski definition) is 2. The van der Waals surface area contributed by atoms with Gasteiger partial charge in [-0.25, -0.2) is 0 Å². The Hall–Kier alpha value is -0.280. The van der Waals surface area contributed by atoms with Crippen LogP contribution in [0.3, 0.4) is 0 Å². The van der Waals surface area contributed by atoms with Crippen molar-refractivity contribution in [3.8, 4) is 0 Å². The molecule has 0 saturated heterocycles. The quantitative estimate of drug-likeness (QED) is 0.371. The Morgan fingerprint density at radius 1 is 1.33 bits per heavy atom. The predicted molar refractivity (Wildman–Crippen MR) is 44.1 cm³/mol. The van der Waals surface area contributed by atoms with Crippen LogP contribution < -0.4 is 12.4 Å². The van der Waals surface area contributed by atoms with Crippen LogP contribution in [0.2, 0.25) is 0 Å². The second kappa shape index (κ2) is 6.26. The second-order valence-electron chi connectivity index (χ2n) is 3.69. The summed E-state index contributed by atoms with van der Waals surface area (Å²) in [7, 11) is 7.75. The number of ether oxygens (including phenoxy) is 1. The largest absolute Gasteiger partial charge is 1.00 e. The number of esters is 1. The van der Waals surface area contributed by atoms with Gasteiger partial charge in [0.1, 0.15) is 0 Å². The van der Waals surface area contributed by atoms with E-state index in [0.717, 1.165) is 17.4 Å². The molecule has 0 aliphatic heterocycles. The number of rotatable bonds is 4. The van der Waals surface area contributed by atoms with Crippen molar-refractivity contribution < 1.29 is 26.4 Å². The maximum Gasteiger partial charge on any atom is 0.305 e. The van der Waals surface area contributed by atoms with E-state index in [2.05, 4.69) is 25.9 Å². The monoisotopic (exact) mass is 195 g/mol. The maximum absolute atomic E-state index is 10.7. The molecule has 0 aromatic carbocycles. The van der Waals surface area contributed by atoms with Gasteiger partial charge in [0.25, 0.3) is 0 Å². The lowest BCUT2D eigenvalue weighted by molar-refractivity contribution is -0.870. The predicted octanol–water partition coefficient (Wildman–Crippen LogP) is -2.35. The summed E-state index contributed by atoms with van der Waals surface area (Å²) in [6.45, 7) is 1.01. The van der Waals surface area contributed by atoms with Gasteiger partial charge in [0.2, 0.25) is 0 Å². The van der Waals surface area contributed by atoms with Crippen LogP contribution in [0.1, 0.15) is 12.8 Å². The van der Waals surface area contributed by atoms with Gasteiger partial charge in [-0.2, -0.15) is 0 Å². The van der Waals surface area contributed by atoms with Gasteiger partial charge in [0, 0.05) is 6.42 Å². The normalized spacial score (nSPS) is 10.3. The topological polar surface area (TPSA) is 26.3 Å². The van der Waals surface area contributed by atoms with Crippen molar-refractivity contribution in [2.75, 3.05) is 34.8 Å². The standard InChI is InChI=1S/C8H18NO2.ClH/c1-9(2,3)7-5-6-8(10)11-4;/h5-7H2,1-4H3;1H/q+1;/p-1. The second-order valence-corrected chi connectivity index (χ2v) is 3.69. The van der Waals surface area contributed by atoms with Crippen LogP contribution in [0.5, 0.6) is 0 Å². The van der Waals surface area contributed by atoms with Gasteiger partial charge in [-0.05, 0) is 0 Å². The fourth-order valence-electron chi connectivity index (χ4n) is 0.800. The maximum atomic E-state index is 10.7. The third kappa shape index (κ3) is 9.72. The van der Waals surface area contributed by atoms with E-state index in [0.29, 0.717) is 6.42 Å². The van der Waals surface area contributed by atoms with Gasteiger partial charge in [-0.15, -0.1) is 0 Å². The molecule has 0 atom stereocenters. The first-order chi connectivity index (χ1) is 4.95. The molecule has 0 aromatic heterocycles. The summed E-state index contributed by atoms with van der Waals surface area (Å²) < 4.78 is 5.42. The Balaban J connectivity index is 0. The third-order valence-electron chi connectivity index (χ3n) is 1.44. The average Bonchev–Trinajstić information content (AvgIpc) is 1.85. The first kappa shape index (κ1) is 14.3. The summed E-state index contributed by atoms with van der Waals surface area (Å²) in [5.74, 6) is -0.113. The first-order valence-electron chi connectivity index (χ1n) is 3.83. The smallest absolute Gasteiger partial charge is 0.305 e. The van der Waals surface area contributed by atoms with E-state index >= 15 is 0 Å². The number of carbonyl (C=O) groups is 1.